The summed E-state index contributed by atoms with van der Waals surface area (Å²) in [5, 5.41) is 7.34. The topological polar surface area (TPSA) is 56.2 Å². The van der Waals surface area contributed by atoms with Gasteiger partial charge in [-0.15, -0.1) is 0 Å². The van der Waals surface area contributed by atoms with E-state index in [-0.39, 0.29) is 12.5 Å². The minimum absolute atomic E-state index is 0.157. The molecule has 5 heteroatoms. The van der Waals surface area contributed by atoms with Gasteiger partial charge in [0, 0.05) is 12.6 Å². The molecule has 0 fully saturated rings. The van der Waals surface area contributed by atoms with Crippen molar-refractivity contribution in [1.29, 1.82) is 0 Å². The molecule has 0 atom stereocenters. The zero-order valence-corrected chi connectivity index (χ0v) is 9.41. The molecule has 1 aromatic rings. The van der Waals surface area contributed by atoms with Gasteiger partial charge in [-0.25, -0.2) is 4.68 Å². The number of hydrogen-bond donors (Lipinski definition) is 1. The van der Waals surface area contributed by atoms with E-state index >= 15 is 0 Å². The number of rotatable bonds is 5. The summed E-state index contributed by atoms with van der Waals surface area (Å²) in [7, 11) is 0. The maximum absolute atomic E-state index is 11.3. The van der Waals surface area contributed by atoms with Crippen LogP contribution in [0.25, 0.3) is 0 Å². The Balaban J connectivity index is 2.70. The number of carbonyl (C=O) groups excluding carboxylic acids is 1. The monoisotopic (exact) mass is 211 g/mol. The van der Waals surface area contributed by atoms with E-state index in [4.69, 9.17) is 4.74 Å². The maximum atomic E-state index is 11.3. The van der Waals surface area contributed by atoms with E-state index in [2.05, 4.69) is 10.4 Å². The molecular formula is C10H17N3O2. The number of ether oxygens (including phenoxy) is 1. The highest BCUT2D eigenvalue weighted by Gasteiger charge is 2.09. The van der Waals surface area contributed by atoms with Crippen molar-refractivity contribution in [3.63, 3.8) is 0 Å². The fraction of sp³-hybridized carbons (Fsp3) is 0.600. The molecule has 1 N–H and O–H groups in total. The standard InChI is InChI=1S/C10H17N3O2/c1-4-11-9-6-8(3)12-13(9)7-10(14)15-5-2/h6,11H,4-5,7H2,1-3H3. The number of nitrogens with zero attached hydrogens (tertiary/aromatic N) is 2. The van der Waals surface area contributed by atoms with Crippen LogP contribution in [-0.2, 0) is 16.1 Å². The first-order valence-corrected chi connectivity index (χ1v) is 5.11. The third kappa shape index (κ3) is 3.27. The average Bonchev–Trinajstić information content (AvgIpc) is 2.47. The fourth-order valence-corrected chi connectivity index (χ4v) is 1.32. The summed E-state index contributed by atoms with van der Waals surface area (Å²) < 4.78 is 6.48. The number of aromatic nitrogens is 2. The third-order valence-electron chi connectivity index (χ3n) is 1.84. The molecule has 0 saturated heterocycles. The van der Waals surface area contributed by atoms with E-state index in [1.54, 1.807) is 11.6 Å². The van der Waals surface area contributed by atoms with Crippen molar-refractivity contribution in [1.82, 2.24) is 9.78 Å². The summed E-state index contributed by atoms with van der Waals surface area (Å²) in [5.74, 6) is 0.586. The number of hydrogen-bond acceptors (Lipinski definition) is 4. The summed E-state index contributed by atoms with van der Waals surface area (Å²) in [4.78, 5) is 11.3. The van der Waals surface area contributed by atoms with Crippen molar-refractivity contribution in [2.24, 2.45) is 0 Å². The zero-order chi connectivity index (χ0) is 11.3. The van der Waals surface area contributed by atoms with Crippen molar-refractivity contribution in [2.45, 2.75) is 27.3 Å². The molecule has 0 radical (unpaired) electrons. The van der Waals surface area contributed by atoms with Gasteiger partial charge in [-0.3, -0.25) is 4.79 Å². The predicted octanol–water partition coefficient (Wildman–Crippen LogP) is 1.19. The van der Waals surface area contributed by atoms with Crippen molar-refractivity contribution < 1.29 is 9.53 Å². The van der Waals surface area contributed by atoms with Crippen LogP contribution in [0.15, 0.2) is 6.07 Å². The largest absolute Gasteiger partial charge is 0.465 e. The van der Waals surface area contributed by atoms with E-state index < -0.39 is 0 Å². The Kier molecular flexibility index (Phi) is 4.15. The van der Waals surface area contributed by atoms with Crippen LogP contribution in [0.1, 0.15) is 19.5 Å². The molecule has 0 amide bonds. The van der Waals surface area contributed by atoms with Gasteiger partial charge in [0.15, 0.2) is 0 Å². The summed E-state index contributed by atoms with van der Waals surface area (Å²) in [6, 6.07) is 1.91. The average molecular weight is 211 g/mol. The third-order valence-corrected chi connectivity index (χ3v) is 1.84. The summed E-state index contributed by atoms with van der Waals surface area (Å²) >= 11 is 0. The Morgan fingerprint density at radius 2 is 2.33 bits per heavy atom. The Morgan fingerprint density at radius 1 is 1.60 bits per heavy atom. The number of aryl methyl sites for hydroxylation is 1. The fourth-order valence-electron chi connectivity index (χ4n) is 1.32. The molecule has 1 rings (SSSR count). The molecule has 1 heterocycles. The second kappa shape index (κ2) is 5.38. The maximum Gasteiger partial charge on any atom is 0.327 e. The number of nitrogens with one attached hydrogen (secondary N) is 1. The quantitative estimate of drug-likeness (QED) is 0.743. The van der Waals surface area contributed by atoms with Gasteiger partial charge in [0.2, 0.25) is 0 Å². The van der Waals surface area contributed by atoms with E-state index in [0.717, 1.165) is 18.1 Å². The summed E-state index contributed by atoms with van der Waals surface area (Å²) in [5.41, 5.74) is 0.884. The summed E-state index contributed by atoms with van der Waals surface area (Å²) in [6.07, 6.45) is 0. The lowest BCUT2D eigenvalue weighted by molar-refractivity contribution is -0.144. The first kappa shape index (κ1) is 11.6. The van der Waals surface area contributed by atoms with E-state index in [1.807, 2.05) is 19.9 Å². The van der Waals surface area contributed by atoms with Crippen LogP contribution >= 0.6 is 0 Å². The van der Waals surface area contributed by atoms with Gasteiger partial charge >= 0.3 is 5.97 Å². The van der Waals surface area contributed by atoms with Gasteiger partial charge in [0.1, 0.15) is 12.4 Å². The van der Waals surface area contributed by atoms with Crippen molar-refractivity contribution in [2.75, 3.05) is 18.5 Å². The van der Waals surface area contributed by atoms with Crippen LogP contribution in [0.3, 0.4) is 0 Å². The molecule has 0 saturated carbocycles. The SMILES string of the molecule is CCNc1cc(C)nn1CC(=O)OCC. The van der Waals surface area contributed by atoms with Crippen LogP contribution in [0.4, 0.5) is 5.82 Å². The molecule has 0 aromatic carbocycles. The van der Waals surface area contributed by atoms with E-state index in [0.29, 0.717) is 6.61 Å². The lowest BCUT2D eigenvalue weighted by Crippen LogP contribution is -2.16. The molecule has 0 aliphatic carbocycles. The Labute approximate surface area is 89.4 Å². The number of anilines is 1. The first-order valence-electron chi connectivity index (χ1n) is 5.11. The predicted molar refractivity (Wildman–Crippen MR) is 57.8 cm³/mol. The van der Waals surface area contributed by atoms with Crippen LogP contribution in [0.2, 0.25) is 0 Å². The Hall–Kier alpha value is -1.52. The molecule has 5 nitrogen and oxygen atoms in total. The lowest BCUT2D eigenvalue weighted by atomic mass is 10.4. The number of carbonyl (C=O) groups is 1. The van der Waals surface area contributed by atoms with Crippen LogP contribution in [0, 0.1) is 6.92 Å². The summed E-state index contributed by atoms with van der Waals surface area (Å²) in [6.45, 7) is 7.03. The van der Waals surface area contributed by atoms with Gasteiger partial charge in [0.25, 0.3) is 0 Å². The molecule has 1 aromatic heterocycles. The lowest BCUT2D eigenvalue weighted by Gasteiger charge is -2.07. The second-order valence-electron chi connectivity index (χ2n) is 3.16. The second-order valence-corrected chi connectivity index (χ2v) is 3.16. The van der Waals surface area contributed by atoms with Gasteiger partial charge < -0.3 is 10.1 Å². The number of esters is 1. The van der Waals surface area contributed by atoms with Crippen LogP contribution in [0.5, 0.6) is 0 Å². The molecular weight excluding hydrogens is 194 g/mol. The van der Waals surface area contributed by atoms with Crippen LogP contribution in [-0.4, -0.2) is 28.9 Å². The highest BCUT2D eigenvalue weighted by atomic mass is 16.5. The molecule has 0 unspecified atom stereocenters. The highest BCUT2D eigenvalue weighted by molar-refractivity contribution is 5.69. The minimum Gasteiger partial charge on any atom is -0.465 e. The Bertz CT molecular complexity index is 333. The zero-order valence-electron chi connectivity index (χ0n) is 9.41. The molecule has 0 aliphatic rings. The van der Waals surface area contributed by atoms with Crippen molar-refractivity contribution >= 4 is 11.8 Å². The van der Waals surface area contributed by atoms with E-state index in [9.17, 15) is 4.79 Å². The van der Waals surface area contributed by atoms with Gasteiger partial charge in [-0.05, 0) is 20.8 Å². The molecule has 0 spiro atoms. The first-order chi connectivity index (χ1) is 7.17. The molecule has 0 aliphatic heterocycles. The molecule has 84 valence electrons. The molecule has 0 bridgehead atoms. The van der Waals surface area contributed by atoms with E-state index in [1.165, 1.54) is 0 Å². The normalized spacial score (nSPS) is 10.1. The van der Waals surface area contributed by atoms with Gasteiger partial charge in [-0.2, -0.15) is 5.10 Å². The van der Waals surface area contributed by atoms with Gasteiger partial charge in [0.05, 0.1) is 12.3 Å². The van der Waals surface area contributed by atoms with Crippen LogP contribution < -0.4 is 5.32 Å². The van der Waals surface area contributed by atoms with Gasteiger partial charge in [-0.1, -0.05) is 0 Å². The van der Waals surface area contributed by atoms with Crippen molar-refractivity contribution in [3.05, 3.63) is 11.8 Å². The molecule has 15 heavy (non-hydrogen) atoms. The highest BCUT2D eigenvalue weighted by Crippen LogP contribution is 2.09. The van der Waals surface area contributed by atoms with Crippen molar-refractivity contribution in [3.8, 4) is 0 Å². The smallest absolute Gasteiger partial charge is 0.327 e. The minimum atomic E-state index is -0.264. The Morgan fingerprint density at radius 3 is 2.93 bits per heavy atom.